The average Bonchev–Trinajstić information content (AvgIpc) is 2.59. The second-order valence-corrected chi connectivity index (χ2v) is 4.76. The van der Waals surface area contributed by atoms with Gasteiger partial charge in [0.1, 0.15) is 12.0 Å². The molecule has 0 radical (unpaired) electrons. The highest BCUT2D eigenvalue weighted by atomic mass is 32.2. The fraction of sp³-hybridized carbons (Fsp3) is 0.222. The van der Waals surface area contributed by atoms with E-state index in [1.807, 2.05) is 0 Å². The van der Waals surface area contributed by atoms with Crippen molar-refractivity contribution in [2.75, 3.05) is 0 Å². The van der Waals surface area contributed by atoms with Crippen LogP contribution in [0.4, 0.5) is 0 Å². The van der Waals surface area contributed by atoms with Crippen molar-refractivity contribution in [1.82, 2.24) is 0 Å². The number of benzene rings is 1. The second kappa shape index (κ2) is 3.32. The number of hydrogen-bond acceptors (Lipinski definition) is 4. The Morgan fingerprint density at radius 3 is 2.80 bits per heavy atom. The first-order chi connectivity index (χ1) is 7.02. The van der Waals surface area contributed by atoms with Gasteiger partial charge in [-0.05, 0) is 6.07 Å². The molecule has 0 bridgehead atoms. The van der Waals surface area contributed by atoms with Gasteiger partial charge in [0.05, 0.1) is 0 Å². The van der Waals surface area contributed by atoms with Crippen molar-refractivity contribution in [1.29, 1.82) is 0 Å². The molecule has 0 amide bonds. The van der Waals surface area contributed by atoms with Crippen LogP contribution < -0.4 is 4.74 Å². The number of carbonyl (C=O) groups is 1. The highest BCUT2D eigenvalue weighted by molar-refractivity contribution is 7.86. The van der Waals surface area contributed by atoms with Crippen molar-refractivity contribution in [2.24, 2.45) is 0 Å². The van der Waals surface area contributed by atoms with Crippen LogP contribution >= 0.6 is 0 Å². The molecule has 1 atom stereocenters. The van der Waals surface area contributed by atoms with E-state index in [0.717, 1.165) is 0 Å². The van der Waals surface area contributed by atoms with E-state index in [2.05, 4.69) is 0 Å². The Kier molecular flexibility index (Phi) is 2.24. The number of hydrogen-bond donors (Lipinski definition) is 1. The predicted molar refractivity (Wildman–Crippen MR) is 51.5 cm³/mol. The van der Waals surface area contributed by atoms with E-state index in [0.29, 0.717) is 23.2 Å². The highest BCUT2D eigenvalue weighted by Crippen LogP contribution is 2.32. The van der Waals surface area contributed by atoms with E-state index in [1.165, 1.54) is 0 Å². The standard InChI is InChI=1S/C9H8O5S/c10-5-6-2-1-3-8-7(6)4-9(14-8)15(11,12)13/h1-3,5,9H,4H2,(H,11,12,13). The van der Waals surface area contributed by atoms with E-state index in [9.17, 15) is 13.2 Å². The van der Waals surface area contributed by atoms with Crippen molar-refractivity contribution < 1.29 is 22.5 Å². The lowest BCUT2D eigenvalue weighted by molar-refractivity contribution is 0.112. The summed E-state index contributed by atoms with van der Waals surface area (Å²) in [6, 6.07) is 4.73. The van der Waals surface area contributed by atoms with Crippen LogP contribution in [-0.4, -0.2) is 24.7 Å². The van der Waals surface area contributed by atoms with Gasteiger partial charge in [-0.2, -0.15) is 8.42 Å². The molecule has 1 aliphatic rings. The molecule has 15 heavy (non-hydrogen) atoms. The van der Waals surface area contributed by atoms with Crippen LogP contribution in [0.3, 0.4) is 0 Å². The zero-order chi connectivity index (χ0) is 11.1. The average molecular weight is 228 g/mol. The number of aldehydes is 1. The smallest absolute Gasteiger partial charge is 0.303 e. The van der Waals surface area contributed by atoms with Gasteiger partial charge in [0.2, 0.25) is 5.44 Å². The van der Waals surface area contributed by atoms with E-state index < -0.39 is 15.6 Å². The molecule has 2 rings (SSSR count). The molecule has 1 unspecified atom stereocenters. The fourth-order valence-electron chi connectivity index (χ4n) is 1.54. The van der Waals surface area contributed by atoms with Gasteiger partial charge < -0.3 is 4.74 Å². The molecule has 0 aliphatic carbocycles. The van der Waals surface area contributed by atoms with Gasteiger partial charge in [0, 0.05) is 17.5 Å². The lowest BCUT2D eigenvalue weighted by Gasteiger charge is -2.05. The number of rotatable bonds is 2. The Bertz CT molecular complexity index is 505. The number of ether oxygens (including phenoxy) is 1. The third-order valence-corrected chi connectivity index (χ3v) is 3.18. The molecule has 6 heteroatoms. The Hall–Kier alpha value is -1.40. The molecule has 0 fully saturated rings. The van der Waals surface area contributed by atoms with Gasteiger partial charge in [-0.3, -0.25) is 9.35 Å². The first kappa shape index (κ1) is 10.1. The van der Waals surface area contributed by atoms with E-state index in [1.54, 1.807) is 18.2 Å². The maximum Gasteiger partial charge on any atom is 0.303 e. The molecule has 1 heterocycles. The SMILES string of the molecule is O=Cc1cccc2c1CC(S(=O)(=O)O)O2. The Balaban J connectivity index is 2.43. The monoisotopic (exact) mass is 228 g/mol. The summed E-state index contributed by atoms with van der Waals surface area (Å²) < 4.78 is 35.5. The van der Waals surface area contributed by atoms with Crippen LogP contribution in [0.2, 0.25) is 0 Å². The molecule has 1 aromatic rings. The van der Waals surface area contributed by atoms with Gasteiger partial charge in [-0.1, -0.05) is 12.1 Å². The summed E-state index contributed by atoms with van der Waals surface area (Å²) in [7, 11) is -4.23. The third-order valence-electron chi connectivity index (χ3n) is 2.26. The zero-order valence-corrected chi connectivity index (χ0v) is 8.40. The van der Waals surface area contributed by atoms with Crippen molar-refractivity contribution in [3.63, 3.8) is 0 Å². The van der Waals surface area contributed by atoms with E-state index in [4.69, 9.17) is 9.29 Å². The molecule has 1 aliphatic heterocycles. The molecule has 1 N–H and O–H groups in total. The Labute approximate surface area is 86.4 Å². The van der Waals surface area contributed by atoms with Crippen molar-refractivity contribution in [2.45, 2.75) is 11.9 Å². The summed E-state index contributed by atoms with van der Waals surface area (Å²) in [5.74, 6) is 0.335. The van der Waals surface area contributed by atoms with Crippen LogP contribution in [0.5, 0.6) is 5.75 Å². The lowest BCUT2D eigenvalue weighted by atomic mass is 10.1. The van der Waals surface area contributed by atoms with Crippen molar-refractivity contribution >= 4 is 16.4 Å². The number of fused-ring (bicyclic) bond motifs is 1. The molecule has 0 saturated heterocycles. The topological polar surface area (TPSA) is 80.7 Å². The molecular weight excluding hydrogens is 220 g/mol. The summed E-state index contributed by atoms with van der Waals surface area (Å²) in [6.45, 7) is 0. The predicted octanol–water partition coefficient (Wildman–Crippen LogP) is 0.648. The quantitative estimate of drug-likeness (QED) is 0.593. The van der Waals surface area contributed by atoms with E-state index in [-0.39, 0.29) is 6.42 Å². The number of carbonyl (C=O) groups excluding carboxylic acids is 1. The van der Waals surface area contributed by atoms with Crippen molar-refractivity contribution in [3.8, 4) is 5.75 Å². The zero-order valence-electron chi connectivity index (χ0n) is 7.58. The molecule has 1 aromatic carbocycles. The second-order valence-electron chi connectivity index (χ2n) is 3.21. The minimum Gasteiger partial charge on any atom is -0.471 e. The Morgan fingerprint density at radius 1 is 1.47 bits per heavy atom. The largest absolute Gasteiger partial charge is 0.471 e. The first-order valence-corrected chi connectivity index (χ1v) is 5.72. The molecule has 0 saturated carbocycles. The molecule has 0 aromatic heterocycles. The van der Waals surface area contributed by atoms with Crippen LogP contribution in [0, 0.1) is 0 Å². The highest BCUT2D eigenvalue weighted by Gasteiger charge is 2.33. The van der Waals surface area contributed by atoms with Gasteiger partial charge in [-0.15, -0.1) is 0 Å². The van der Waals surface area contributed by atoms with Crippen LogP contribution in [-0.2, 0) is 16.5 Å². The summed E-state index contributed by atoms with van der Waals surface area (Å²) >= 11 is 0. The molecular formula is C9H8O5S. The lowest BCUT2D eigenvalue weighted by Crippen LogP contribution is -2.24. The first-order valence-electron chi connectivity index (χ1n) is 4.22. The van der Waals surface area contributed by atoms with Gasteiger partial charge >= 0.3 is 10.1 Å². The summed E-state index contributed by atoms with van der Waals surface area (Å²) in [4.78, 5) is 10.7. The maximum atomic E-state index is 10.8. The Morgan fingerprint density at radius 2 is 2.20 bits per heavy atom. The molecule has 80 valence electrons. The third kappa shape index (κ3) is 1.73. The van der Waals surface area contributed by atoms with Crippen LogP contribution in [0.25, 0.3) is 0 Å². The van der Waals surface area contributed by atoms with Gasteiger partial charge in [0.25, 0.3) is 0 Å². The normalized spacial score (nSPS) is 19.4. The summed E-state index contributed by atoms with van der Waals surface area (Å²) in [5.41, 5.74) is -0.387. The van der Waals surface area contributed by atoms with Crippen LogP contribution in [0.1, 0.15) is 15.9 Å². The fourth-order valence-corrected chi connectivity index (χ4v) is 2.14. The summed E-state index contributed by atoms with van der Waals surface area (Å²) in [6.07, 6.45) is 0.637. The minimum absolute atomic E-state index is 0.00306. The molecule has 0 spiro atoms. The van der Waals surface area contributed by atoms with Gasteiger partial charge in [-0.25, -0.2) is 0 Å². The summed E-state index contributed by atoms with van der Waals surface area (Å²) in [5, 5.41) is 0. The van der Waals surface area contributed by atoms with Crippen molar-refractivity contribution in [3.05, 3.63) is 29.3 Å². The van der Waals surface area contributed by atoms with E-state index >= 15 is 0 Å². The molecule has 5 nitrogen and oxygen atoms in total. The van der Waals surface area contributed by atoms with Crippen LogP contribution in [0.15, 0.2) is 18.2 Å². The maximum absolute atomic E-state index is 10.8. The van der Waals surface area contributed by atoms with Gasteiger partial charge in [0.15, 0.2) is 0 Å². The minimum atomic E-state index is -4.23.